The molecule has 1 aromatic rings. The van der Waals surface area contributed by atoms with Gasteiger partial charge in [-0.25, -0.2) is 0 Å². The quantitative estimate of drug-likeness (QED) is 0.775. The van der Waals surface area contributed by atoms with Crippen molar-refractivity contribution in [2.24, 2.45) is 0 Å². The number of methoxy groups -OCH3 is 1. The molecule has 2 rings (SSSR count). The normalized spacial score (nSPS) is 21.9. The number of rotatable bonds is 2. The number of ether oxygens (including phenoxy) is 1. The Balaban J connectivity index is 2.13. The van der Waals surface area contributed by atoms with Gasteiger partial charge in [-0.2, -0.15) is 0 Å². The summed E-state index contributed by atoms with van der Waals surface area (Å²) in [6.07, 6.45) is 3.88. The molecular formula is C12H17NO. The Morgan fingerprint density at radius 3 is 3.00 bits per heavy atom. The van der Waals surface area contributed by atoms with Crippen molar-refractivity contribution in [3.05, 3.63) is 29.8 Å². The largest absolute Gasteiger partial charge is 0.497 e. The third kappa shape index (κ3) is 2.07. The summed E-state index contributed by atoms with van der Waals surface area (Å²) in [5.41, 5.74) is 1.35. The van der Waals surface area contributed by atoms with Gasteiger partial charge in [-0.3, -0.25) is 0 Å². The summed E-state index contributed by atoms with van der Waals surface area (Å²) >= 11 is 0. The zero-order valence-electron chi connectivity index (χ0n) is 8.62. The number of hydrogen-bond acceptors (Lipinski definition) is 2. The van der Waals surface area contributed by atoms with Gasteiger partial charge in [0.05, 0.1) is 7.11 Å². The molecule has 0 aliphatic carbocycles. The molecule has 1 aliphatic heterocycles. The average molecular weight is 191 g/mol. The Kier molecular flexibility index (Phi) is 3.04. The van der Waals surface area contributed by atoms with Crippen LogP contribution in [0, 0.1) is 0 Å². The van der Waals surface area contributed by atoms with Crippen molar-refractivity contribution in [1.29, 1.82) is 0 Å². The fourth-order valence-electron chi connectivity index (χ4n) is 1.99. The van der Waals surface area contributed by atoms with Gasteiger partial charge in [0.2, 0.25) is 0 Å². The molecule has 2 nitrogen and oxygen atoms in total. The molecule has 1 unspecified atom stereocenters. The molecule has 14 heavy (non-hydrogen) atoms. The summed E-state index contributed by atoms with van der Waals surface area (Å²) in [4.78, 5) is 0. The summed E-state index contributed by atoms with van der Waals surface area (Å²) in [5.74, 6) is 0.954. The molecule has 0 bridgehead atoms. The number of piperidine rings is 1. The highest BCUT2D eigenvalue weighted by Gasteiger charge is 2.14. The Hall–Kier alpha value is -1.02. The maximum Gasteiger partial charge on any atom is 0.119 e. The Morgan fingerprint density at radius 1 is 1.36 bits per heavy atom. The third-order valence-corrected chi connectivity index (χ3v) is 2.81. The Labute approximate surface area is 85.3 Å². The highest BCUT2D eigenvalue weighted by molar-refractivity contribution is 5.30. The SMILES string of the molecule is COc1cccc(C2CCCCN2)c1. The molecule has 0 saturated carbocycles. The molecule has 0 radical (unpaired) electrons. The molecule has 1 N–H and O–H groups in total. The second kappa shape index (κ2) is 4.47. The molecule has 76 valence electrons. The average Bonchev–Trinajstić information content (AvgIpc) is 2.30. The van der Waals surface area contributed by atoms with Gasteiger partial charge in [0.25, 0.3) is 0 Å². The van der Waals surface area contributed by atoms with Crippen molar-refractivity contribution in [1.82, 2.24) is 5.32 Å². The van der Waals surface area contributed by atoms with Crippen LogP contribution in [-0.2, 0) is 0 Å². The molecule has 1 saturated heterocycles. The van der Waals surface area contributed by atoms with Crippen molar-refractivity contribution in [3.63, 3.8) is 0 Å². The van der Waals surface area contributed by atoms with Crippen LogP contribution in [-0.4, -0.2) is 13.7 Å². The van der Waals surface area contributed by atoms with Crippen molar-refractivity contribution in [2.75, 3.05) is 13.7 Å². The summed E-state index contributed by atoms with van der Waals surface area (Å²) in [7, 11) is 1.72. The fraction of sp³-hybridized carbons (Fsp3) is 0.500. The molecule has 2 heteroatoms. The van der Waals surface area contributed by atoms with E-state index in [2.05, 4.69) is 23.5 Å². The second-order valence-corrected chi connectivity index (χ2v) is 3.78. The van der Waals surface area contributed by atoms with E-state index in [0.29, 0.717) is 6.04 Å². The predicted molar refractivity (Wildman–Crippen MR) is 57.6 cm³/mol. The third-order valence-electron chi connectivity index (χ3n) is 2.81. The topological polar surface area (TPSA) is 21.3 Å². The smallest absolute Gasteiger partial charge is 0.119 e. The lowest BCUT2D eigenvalue weighted by Gasteiger charge is -2.24. The van der Waals surface area contributed by atoms with Crippen LogP contribution in [0.5, 0.6) is 5.75 Å². The van der Waals surface area contributed by atoms with E-state index in [1.807, 2.05) is 6.07 Å². The van der Waals surface area contributed by atoms with Gasteiger partial charge < -0.3 is 10.1 Å². The Bertz CT molecular complexity index is 292. The minimum atomic E-state index is 0.527. The predicted octanol–water partition coefficient (Wildman–Crippen LogP) is 2.51. The molecular weight excluding hydrogens is 174 g/mol. The van der Waals surface area contributed by atoms with E-state index < -0.39 is 0 Å². The molecule has 0 amide bonds. The van der Waals surface area contributed by atoms with E-state index in [9.17, 15) is 0 Å². The lowest BCUT2D eigenvalue weighted by Crippen LogP contribution is -2.26. The Morgan fingerprint density at radius 2 is 2.29 bits per heavy atom. The monoisotopic (exact) mass is 191 g/mol. The van der Waals surface area contributed by atoms with E-state index >= 15 is 0 Å². The van der Waals surface area contributed by atoms with Crippen LogP contribution in [0.15, 0.2) is 24.3 Å². The van der Waals surface area contributed by atoms with Crippen LogP contribution >= 0.6 is 0 Å². The fourth-order valence-corrected chi connectivity index (χ4v) is 1.99. The zero-order valence-corrected chi connectivity index (χ0v) is 8.62. The maximum atomic E-state index is 5.22. The number of hydrogen-bond donors (Lipinski definition) is 1. The summed E-state index contributed by atoms with van der Waals surface area (Å²) in [6, 6.07) is 8.88. The molecule has 1 aliphatic rings. The first-order valence-corrected chi connectivity index (χ1v) is 5.27. The van der Waals surface area contributed by atoms with E-state index in [1.165, 1.54) is 24.8 Å². The molecule has 1 fully saturated rings. The van der Waals surface area contributed by atoms with Crippen LogP contribution in [0.1, 0.15) is 30.9 Å². The first-order chi connectivity index (χ1) is 6.90. The molecule has 1 aromatic carbocycles. The highest BCUT2D eigenvalue weighted by atomic mass is 16.5. The van der Waals surface area contributed by atoms with Gasteiger partial charge in [-0.1, -0.05) is 18.6 Å². The van der Waals surface area contributed by atoms with E-state index in [1.54, 1.807) is 7.11 Å². The standard InChI is InChI=1S/C12H17NO/c1-14-11-6-4-5-10(9-11)12-7-2-3-8-13-12/h4-6,9,12-13H,2-3,7-8H2,1H3. The lowest BCUT2D eigenvalue weighted by molar-refractivity contribution is 0.400. The van der Waals surface area contributed by atoms with Crippen LogP contribution in [0.3, 0.4) is 0 Å². The second-order valence-electron chi connectivity index (χ2n) is 3.78. The summed E-state index contributed by atoms with van der Waals surface area (Å²) in [6.45, 7) is 1.14. The van der Waals surface area contributed by atoms with Crippen molar-refractivity contribution >= 4 is 0 Å². The molecule has 1 atom stereocenters. The molecule has 1 heterocycles. The van der Waals surface area contributed by atoms with Gasteiger partial charge in [-0.05, 0) is 37.1 Å². The molecule has 0 aromatic heterocycles. The summed E-state index contributed by atoms with van der Waals surface area (Å²) in [5, 5.41) is 3.53. The van der Waals surface area contributed by atoms with Gasteiger partial charge in [-0.15, -0.1) is 0 Å². The van der Waals surface area contributed by atoms with Crippen molar-refractivity contribution in [2.45, 2.75) is 25.3 Å². The van der Waals surface area contributed by atoms with Gasteiger partial charge in [0, 0.05) is 6.04 Å². The first kappa shape index (κ1) is 9.53. The first-order valence-electron chi connectivity index (χ1n) is 5.27. The number of benzene rings is 1. The summed E-state index contributed by atoms with van der Waals surface area (Å²) < 4.78 is 5.22. The van der Waals surface area contributed by atoms with Crippen molar-refractivity contribution < 1.29 is 4.74 Å². The van der Waals surface area contributed by atoms with Crippen LogP contribution in [0.4, 0.5) is 0 Å². The van der Waals surface area contributed by atoms with Gasteiger partial charge in [0.15, 0.2) is 0 Å². The number of nitrogens with one attached hydrogen (secondary N) is 1. The van der Waals surface area contributed by atoms with Crippen molar-refractivity contribution in [3.8, 4) is 5.75 Å². The van der Waals surface area contributed by atoms with Gasteiger partial charge >= 0.3 is 0 Å². The minimum absolute atomic E-state index is 0.527. The maximum absolute atomic E-state index is 5.22. The van der Waals surface area contributed by atoms with E-state index in [-0.39, 0.29) is 0 Å². The van der Waals surface area contributed by atoms with Crippen LogP contribution < -0.4 is 10.1 Å². The zero-order chi connectivity index (χ0) is 9.80. The van der Waals surface area contributed by atoms with E-state index in [4.69, 9.17) is 4.74 Å². The molecule has 0 spiro atoms. The van der Waals surface area contributed by atoms with Crippen LogP contribution in [0.2, 0.25) is 0 Å². The van der Waals surface area contributed by atoms with E-state index in [0.717, 1.165) is 12.3 Å². The highest BCUT2D eigenvalue weighted by Crippen LogP contribution is 2.25. The van der Waals surface area contributed by atoms with Gasteiger partial charge in [0.1, 0.15) is 5.75 Å². The minimum Gasteiger partial charge on any atom is -0.497 e. The van der Waals surface area contributed by atoms with Crippen LogP contribution in [0.25, 0.3) is 0 Å². The lowest BCUT2D eigenvalue weighted by atomic mass is 9.97.